The second-order valence-electron chi connectivity index (χ2n) is 8.75. The first-order valence-electron chi connectivity index (χ1n) is 11.8. The van der Waals surface area contributed by atoms with Crippen molar-refractivity contribution in [2.75, 3.05) is 33.3 Å². The van der Waals surface area contributed by atoms with Crippen LogP contribution in [-0.2, 0) is 16.0 Å². The smallest absolute Gasteiger partial charge is 0.295 e. The van der Waals surface area contributed by atoms with Crippen LogP contribution in [0.25, 0.3) is 5.76 Å². The van der Waals surface area contributed by atoms with Crippen LogP contribution in [0.2, 0.25) is 0 Å². The molecule has 2 aliphatic heterocycles. The van der Waals surface area contributed by atoms with Crippen LogP contribution in [0.5, 0.6) is 11.5 Å². The predicted octanol–water partition coefficient (Wildman–Crippen LogP) is 3.78. The lowest BCUT2D eigenvalue weighted by atomic mass is 9.94. The number of rotatable bonds is 8. The van der Waals surface area contributed by atoms with Crippen molar-refractivity contribution >= 4 is 17.4 Å². The molecule has 2 aromatic carbocycles. The Bertz CT molecular complexity index is 1100. The molecule has 2 atom stereocenters. The Hall–Kier alpha value is -3.32. The highest BCUT2D eigenvalue weighted by Gasteiger charge is 2.46. The van der Waals surface area contributed by atoms with Gasteiger partial charge in [0, 0.05) is 25.1 Å². The topological polar surface area (TPSA) is 79.3 Å². The van der Waals surface area contributed by atoms with E-state index in [4.69, 9.17) is 9.47 Å². The quantitative estimate of drug-likeness (QED) is 0.364. The van der Waals surface area contributed by atoms with Crippen LogP contribution in [0.3, 0.4) is 0 Å². The fourth-order valence-corrected chi connectivity index (χ4v) is 4.76. The zero-order chi connectivity index (χ0) is 24.4. The molecule has 1 N–H and O–H groups in total. The molecule has 0 spiro atoms. The molecule has 180 valence electrons. The van der Waals surface area contributed by atoms with Gasteiger partial charge in [0.2, 0.25) is 0 Å². The fraction of sp³-hybridized carbons (Fsp3) is 0.407. The van der Waals surface area contributed by atoms with Gasteiger partial charge in [-0.15, -0.1) is 0 Å². The van der Waals surface area contributed by atoms with Crippen LogP contribution in [0.4, 0.5) is 0 Å². The van der Waals surface area contributed by atoms with E-state index >= 15 is 0 Å². The van der Waals surface area contributed by atoms with E-state index in [9.17, 15) is 14.7 Å². The molecule has 0 bridgehead atoms. The number of hydrogen-bond acceptors (Lipinski definition) is 6. The van der Waals surface area contributed by atoms with Crippen molar-refractivity contribution in [1.29, 1.82) is 0 Å². The highest BCUT2D eigenvalue weighted by molar-refractivity contribution is 6.46. The van der Waals surface area contributed by atoms with E-state index in [2.05, 4.69) is 18.7 Å². The molecule has 2 unspecified atom stereocenters. The van der Waals surface area contributed by atoms with Crippen LogP contribution in [0, 0.1) is 0 Å². The zero-order valence-corrected chi connectivity index (χ0v) is 20.2. The number of likely N-dealkylation sites (N-methyl/N-ethyl adjacent to an activating group) is 1. The number of nitrogens with zero attached hydrogens (tertiary/aromatic N) is 2. The van der Waals surface area contributed by atoms with Gasteiger partial charge < -0.3 is 24.4 Å². The molecule has 7 nitrogen and oxygen atoms in total. The third-order valence-electron chi connectivity index (χ3n) is 6.69. The predicted molar refractivity (Wildman–Crippen MR) is 130 cm³/mol. The van der Waals surface area contributed by atoms with E-state index < -0.39 is 17.7 Å². The minimum Gasteiger partial charge on any atom is -0.507 e. The number of amides is 1. The number of hydrogen-bond donors (Lipinski definition) is 1. The summed E-state index contributed by atoms with van der Waals surface area (Å²) in [5, 5.41) is 11.3. The molecule has 34 heavy (non-hydrogen) atoms. The number of Topliss-reactive ketones (excluding diaryl/α,β-unsaturated/α-hetero) is 1. The van der Waals surface area contributed by atoms with E-state index in [0.29, 0.717) is 24.4 Å². The summed E-state index contributed by atoms with van der Waals surface area (Å²) in [6, 6.07) is 12.0. The number of carbonyl (C=O) groups is 2. The van der Waals surface area contributed by atoms with Gasteiger partial charge >= 0.3 is 0 Å². The summed E-state index contributed by atoms with van der Waals surface area (Å²) in [7, 11) is 1.59. The Labute approximate surface area is 200 Å². The van der Waals surface area contributed by atoms with Crippen molar-refractivity contribution in [2.24, 2.45) is 0 Å². The first kappa shape index (κ1) is 23.8. The Morgan fingerprint density at radius 3 is 2.50 bits per heavy atom. The Morgan fingerprint density at radius 2 is 1.85 bits per heavy atom. The van der Waals surface area contributed by atoms with Crippen molar-refractivity contribution in [3.05, 3.63) is 64.7 Å². The minimum atomic E-state index is -0.676. The number of aliphatic hydroxyl groups is 1. The van der Waals surface area contributed by atoms with Gasteiger partial charge in [0.1, 0.15) is 23.4 Å². The maximum atomic E-state index is 13.2. The number of fused-ring (bicyclic) bond motifs is 1. The molecule has 1 saturated heterocycles. The van der Waals surface area contributed by atoms with Crippen LogP contribution in [0.1, 0.15) is 43.5 Å². The standard InChI is InChI=1S/C27H32N2O5/c1-5-28(6-2)13-14-29-24(18-7-10-21(33-4)11-8-18)23(26(31)27(29)32)25(30)19-9-12-22-20(16-19)15-17(3)34-22/h7-12,16-17,24,30H,5-6,13-15H2,1-4H3/b25-23-. The lowest BCUT2D eigenvalue weighted by molar-refractivity contribution is -0.140. The normalized spacial score (nSPS) is 21.1. The van der Waals surface area contributed by atoms with Gasteiger partial charge in [0.25, 0.3) is 11.7 Å². The zero-order valence-electron chi connectivity index (χ0n) is 20.2. The summed E-state index contributed by atoms with van der Waals surface area (Å²) in [5.74, 6) is 0.0505. The maximum Gasteiger partial charge on any atom is 0.295 e. The van der Waals surface area contributed by atoms with E-state index in [0.717, 1.165) is 36.4 Å². The summed E-state index contributed by atoms with van der Waals surface area (Å²) in [6.07, 6.45) is 0.800. The summed E-state index contributed by atoms with van der Waals surface area (Å²) in [4.78, 5) is 30.2. The number of benzene rings is 2. The van der Waals surface area contributed by atoms with Crippen LogP contribution in [0.15, 0.2) is 48.0 Å². The molecule has 1 fully saturated rings. The number of carbonyl (C=O) groups excluding carboxylic acids is 2. The molecular weight excluding hydrogens is 432 g/mol. The largest absolute Gasteiger partial charge is 0.507 e. The highest BCUT2D eigenvalue weighted by atomic mass is 16.5. The van der Waals surface area contributed by atoms with Crippen LogP contribution < -0.4 is 9.47 Å². The number of methoxy groups -OCH3 is 1. The van der Waals surface area contributed by atoms with Crippen LogP contribution in [-0.4, -0.2) is 66.0 Å². The number of ketones is 1. The lowest BCUT2D eigenvalue weighted by Crippen LogP contribution is -2.38. The average Bonchev–Trinajstić information content (AvgIpc) is 3.35. The number of aliphatic hydroxyl groups excluding tert-OH is 1. The van der Waals surface area contributed by atoms with Crippen molar-refractivity contribution in [2.45, 2.75) is 39.3 Å². The molecule has 0 aliphatic carbocycles. The number of ether oxygens (including phenoxy) is 2. The summed E-state index contributed by atoms with van der Waals surface area (Å²) in [6.45, 7) is 8.85. The molecule has 4 rings (SSSR count). The molecule has 1 amide bonds. The van der Waals surface area contributed by atoms with E-state index in [1.165, 1.54) is 0 Å². The molecule has 2 heterocycles. The second-order valence-corrected chi connectivity index (χ2v) is 8.75. The van der Waals surface area contributed by atoms with Crippen molar-refractivity contribution < 1.29 is 24.2 Å². The van der Waals surface area contributed by atoms with Crippen LogP contribution >= 0.6 is 0 Å². The second kappa shape index (κ2) is 9.89. The van der Waals surface area contributed by atoms with Gasteiger partial charge in [-0.05, 0) is 61.5 Å². The summed E-state index contributed by atoms with van der Waals surface area (Å²) in [5.41, 5.74) is 2.35. The first-order valence-corrected chi connectivity index (χ1v) is 11.8. The summed E-state index contributed by atoms with van der Waals surface area (Å²) < 4.78 is 11.0. The molecule has 7 heteroatoms. The first-order chi connectivity index (χ1) is 16.4. The van der Waals surface area contributed by atoms with Crippen molar-refractivity contribution in [3.63, 3.8) is 0 Å². The third-order valence-corrected chi connectivity index (χ3v) is 6.69. The maximum absolute atomic E-state index is 13.2. The monoisotopic (exact) mass is 464 g/mol. The molecule has 0 radical (unpaired) electrons. The molecule has 0 saturated carbocycles. The van der Waals surface area contributed by atoms with Gasteiger partial charge in [0.05, 0.1) is 18.7 Å². The SMILES string of the molecule is CCN(CC)CCN1C(=O)C(=O)/C(=C(\O)c2ccc3c(c2)CC(C)O3)C1c1ccc(OC)cc1. The van der Waals surface area contributed by atoms with E-state index in [1.54, 1.807) is 30.2 Å². The third kappa shape index (κ3) is 4.40. The molecule has 2 aromatic rings. The minimum absolute atomic E-state index is 0.0670. The van der Waals surface area contributed by atoms with Gasteiger partial charge in [-0.2, -0.15) is 0 Å². The van der Waals surface area contributed by atoms with E-state index in [1.807, 2.05) is 31.2 Å². The fourth-order valence-electron chi connectivity index (χ4n) is 4.76. The Morgan fingerprint density at radius 1 is 1.15 bits per heavy atom. The Kier molecular flexibility index (Phi) is 6.93. The highest BCUT2D eigenvalue weighted by Crippen LogP contribution is 2.40. The van der Waals surface area contributed by atoms with Crippen molar-refractivity contribution in [3.8, 4) is 11.5 Å². The number of likely N-dealkylation sites (tertiary alicyclic amines) is 1. The van der Waals surface area contributed by atoms with Gasteiger partial charge in [-0.3, -0.25) is 9.59 Å². The molecular formula is C27H32N2O5. The molecule has 0 aromatic heterocycles. The lowest BCUT2D eigenvalue weighted by Gasteiger charge is -2.28. The van der Waals surface area contributed by atoms with Gasteiger partial charge in [0.15, 0.2) is 0 Å². The van der Waals surface area contributed by atoms with Gasteiger partial charge in [-0.1, -0.05) is 26.0 Å². The Balaban J connectivity index is 1.77. The van der Waals surface area contributed by atoms with Gasteiger partial charge in [-0.25, -0.2) is 0 Å². The summed E-state index contributed by atoms with van der Waals surface area (Å²) >= 11 is 0. The molecule has 2 aliphatic rings. The van der Waals surface area contributed by atoms with E-state index in [-0.39, 0.29) is 17.4 Å². The average molecular weight is 465 g/mol. The van der Waals surface area contributed by atoms with Crippen molar-refractivity contribution in [1.82, 2.24) is 9.80 Å².